The van der Waals surface area contributed by atoms with Crippen LogP contribution in [0.5, 0.6) is 0 Å². The van der Waals surface area contributed by atoms with Crippen LogP contribution in [0.3, 0.4) is 0 Å². The summed E-state index contributed by atoms with van der Waals surface area (Å²) < 4.78 is 4.78. The normalized spacial score (nSPS) is 13.6. The summed E-state index contributed by atoms with van der Waals surface area (Å²) in [4.78, 5) is 36.4. The van der Waals surface area contributed by atoms with Crippen molar-refractivity contribution in [3.05, 3.63) is 42.0 Å². The van der Waals surface area contributed by atoms with Gasteiger partial charge in [0.25, 0.3) is 0 Å². The first-order valence-electron chi connectivity index (χ1n) is 7.46. The molecule has 0 aliphatic carbocycles. The number of methoxy groups -OCH3 is 1. The lowest BCUT2D eigenvalue weighted by Gasteiger charge is -2.30. The molecule has 1 aromatic carbocycles. The van der Waals surface area contributed by atoms with Crippen LogP contribution in [0.1, 0.15) is 32.8 Å². The van der Waals surface area contributed by atoms with Crippen LogP contribution in [0.4, 0.5) is 0 Å². The van der Waals surface area contributed by atoms with Crippen molar-refractivity contribution >= 4 is 23.7 Å². The van der Waals surface area contributed by atoms with Gasteiger partial charge in [0.2, 0.25) is 11.4 Å². The molecule has 0 heterocycles. The third-order valence-electron chi connectivity index (χ3n) is 3.40. The van der Waals surface area contributed by atoms with E-state index in [1.165, 1.54) is 14.0 Å². The molecule has 5 heteroatoms. The first kappa shape index (κ1) is 18.6. The second-order valence-electron chi connectivity index (χ2n) is 5.61. The molecule has 1 rings (SSSR count). The number of nitrogens with one attached hydrogen (secondary N) is 1. The molecule has 1 atom stereocenters. The average molecular weight is 317 g/mol. The van der Waals surface area contributed by atoms with E-state index in [9.17, 15) is 14.4 Å². The maximum Gasteiger partial charge on any atom is 0.339 e. The second-order valence-corrected chi connectivity index (χ2v) is 5.61. The van der Waals surface area contributed by atoms with Gasteiger partial charge in [-0.05, 0) is 5.56 Å². The van der Waals surface area contributed by atoms with Crippen LogP contribution in [0, 0.1) is 5.92 Å². The second kappa shape index (κ2) is 8.27. The first-order valence-corrected chi connectivity index (χ1v) is 7.46. The Morgan fingerprint density at radius 2 is 1.83 bits per heavy atom. The fraction of sp³-hybridized carbons (Fsp3) is 0.389. The van der Waals surface area contributed by atoms with Crippen LogP contribution < -0.4 is 5.32 Å². The Labute approximate surface area is 136 Å². The Morgan fingerprint density at radius 3 is 2.30 bits per heavy atom. The van der Waals surface area contributed by atoms with Crippen molar-refractivity contribution in [3.8, 4) is 0 Å². The minimum absolute atomic E-state index is 0.0329. The maximum absolute atomic E-state index is 12.6. The molecule has 23 heavy (non-hydrogen) atoms. The van der Waals surface area contributed by atoms with E-state index in [0.717, 1.165) is 5.56 Å². The van der Waals surface area contributed by atoms with E-state index in [1.807, 2.05) is 30.3 Å². The summed E-state index contributed by atoms with van der Waals surface area (Å²) in [5.74, 6) is -2.02. The van der Waals surface area contributed by atoms with Gasteiger partial charge in [-0.3, -0.25) is 9.59 Å². The van der Waals surface area contributed by atoms with Crippen molar-refractivity contribution in [2.45, 2.75) is 32.7 Å². The van der Waals surface area contributed by atoms with Gasteiger partial charge in [0.1, 0.15) is 0 Å². The number of hydrogen-bond donors (Lipinski definition) is 1. The highest BCUT2D eigenvalue weighted by Crippen LogP contribution is 2.21. The topological polar surface area (TPSA) is 72.5 Å². The fourth-order valence-electron chi connectivity index (χ4n) is 2.35. The van der Waals surface area contributed by atoms with Gasteiger partial charge in [-0.25, -0.2) is 4.79 Å². The van der Waals surface area contributed by atoms with Gasteiger partial charge in [0, 0.05) is 19.3 Å². The summed E-state index contributed by atoms with van der Waals surface area (Å²) in [6, 6.07) is 9.48. The zero-order valence-corrected chi connectivity index (χ0v) is 14.0. The van der Waals surface area contributed by atoms with Crippen LogP contribution in [-0.2, 0) is 19.1 Å². The Bertz CT molecular complexity index is 592. The van der Waals surface area contributed by atoms with Crippen molar-refractivity contribution in [1.82, 2.24) is 5.32 Å². The lowest BCUT2D eigenvalue weighted by Crippen LogP contribution is -2.61. The summed E-state index contributed by atoms with van der Waals surface area (Å²) in [6.07, 6.45) is 3.53. The minimum Gasteiger partial charge on any atom is -0.467 e. The third kappa shape index (κ3) is 4.77. The van der Waals surface area contributed by atoms with Gasteiger partial charge < -0.3 is 10.1 Å². The molecule has 0 aliphatic rings. The molecule has 1 N–H and O–H groups in total. The average Bonchev–Trinajstić information content (AvgIpc) is 2.52. The highest BCUT2D eigenvalue weighted by atomic mass is 16.5. The van der Waals surface area contributed by atoms with Crippen LogP contribution in [0.15, 0.2) is 36.4 Å². The van der Waals surface area contributed by atoms with Crippen molar-refractivity contribution in [2.24, 2.45) is 5.92 Å². The number of carbonyl (C=O) groups excluding carboxylic acids is 3. The van der Waals surface area contributed by atoms with Crippen molar-refractivity contribution in [3.63, 3.8) is 0 Å². The highest BCUT2D eigenvalue weighted by molar-refractivity contribution is 6.11. The lowest BCUT2D eigenvalue weighted by molar-refractivity contribution is -0.156. The summed E-state index contributed by atoms with van der Waals surface area (Å²) in [6.45, 7) is 4.64. The third-order valence-corrected chi connectivity index (χ3v) is 3.40. The number of hydrogen-bond acceptors (Lipinski definition) is 4. The highest BCUT2D eigenvalue weighted by Gasteiger charge is 2.47. The van der Waals surface area contributed by atoms with E-state index < -0.39 is 23.3 Å². The number of carbonyl (C=O) groups is 3. The molecule has 1 aromatic rings. The molecule has 1 amide bonds. The Balaban J connectivity index is 3.15. The van der Waals surface area contributed by atoms with Gasteiger partial charge in [0.15, 0.2) is 5.78 Å². The molecule has 0 spiro atoms. The van der Waals surface area contributed by atoms with Crippen molar-refractivity contribution in [2.75, 3.05) is 7.11 Å². The molecular formula is C18H23NO4. The monoisotopic (exact) mass is 317 g/mol. The number of amides is 1. The van der Waals surface area contributed by atoms with E-state index in [1.54, 1.807) is 26.0 Å². The van der Waals surface area contributed by atoms with E-state index >= 15 is 0 Å². The summed E-state index contributed by atoms with van der Waals surface area (Å²) >= 11 is 0. The predicted molar refractivity (Wildman–Crippen MR) is 88.5 cm³/mol. The summed E-state index contributed by atoms with van der Waals surface area (Å²) in [5.41, 5.74) is -0.758. The molecule has 5 nitrogen and oxygen atoms in total. The van der Waals surface area contributed by atoms with Gasteiger partial charge in [-0.15, -0.1) is 0 Å². The molecule has 0 aliphatic heterocycles. The van der Waals surface area contributed by atoms with Gasteiger partial charge in [-0.1, -0.05) is 56.3 Å². The molecule has 0 saturated carbocycles. The number of esters is 1. The first-order chi connectivity index (χ1) is 10.8. The SMILES string of the molecule is COC(=O)[C@](C/C=C/c1ccccc1)(NC(C)=O)C(=O)C(C)C. The molecule has 0 unspecified atom stereocenters. The molecule has 0 radical (unpaired) electrons. The number of Topliss-reactive ketones (excluding diaryl/α,β-unsaturated/α-hetero) is 1. The Morgan fingerprint density at radius 1 is 1.22 bits per heavy atom. The number of ketones is 1. The number of benzene rings is 1. The molecule has 0 bridgehead atoms. The summed E-state index contributed by atoms with van der Waals surface area (Å²) in [7, 11) is 1.20. The quantitative estimate of drug-likeness (QED) is 0.619. The van der Waals surface area contributed by atoms with Crippen LogP contribution in [0.2, 0.25) is 0 Å². The lowest BCUT2D eigenvalue weighted by atomic mass is 9.83. The molecule has 124 valence electrons. The fourth-order valence-corrected chi connectivity index (χ4v) is 2.35. The van der Waals surface area contributed by atoms with E-state index in [4.69, 9.17) is 4.74 Å². The van der Waals surface area contributed by atoms with Crippen LogP contribution in [-0.4, -0.2) is 30.3 Å². The Kier molecular flexibility index (Phi) is 6.69. The van der Waals surface area contributed by atoms with E-state index in [0.29, 0.717) is 0 Å². The van der Waals surface area contributed by atoms with Crippen LogP contribution >= 0.6 is 0 Å². The Hall–Kier alpha value is -2.43. The van der Waals surface area contributed by atoms with Crippen molar-refractivity contribution < 1.29 is 19.1 Å². The molecule has 0 aromatic heterocycles. The van der Waals surface area contributed by atoms with Gasteiger partial charge in [0.05, 0.1) is 7.11 Å². The summed E-state index contributed by atoms with van der Waals surface area (Å²) in [5, 5.41) is 2.50. The number of rotatable bonds is 7. The van der Waals surface area contributed by atoms with Crippen LogP contribution in [0.25, 0.3) is 6.08 Å². The zero-order valence-electron chi connectivity index (χ0n) is 14.0. The number of ether oxygens (including phenoxy) is 1. The van der Waals surface area contributed by atoms with Gasteiger partial charge >= 0.3 is 5.97 Å². The molecular weight excluding hydrogens is 294 g/mol. The smallest absolute Gasteiger partial charge is 0.339 e. The standard InChI is InChI=1S/C18H23NO4/c1-13(2)16(21)18(17(22)23-4,19-14(3)20)12-8-11-15-9-6-5-7-10-15/h5-11,13H,12H2,1-4H3,(H,19,20)/b11-8+/t18-/m1/s1. The minimum atomic E-state index is -1.69. The maximum atomic E-state index is 12.6. The largest absolute Gasteiger partial charge is 0.467 e. The van der Waals surface area contributed by atoms with E-state index in [2.05, 4.69) is 5.32 Å². The molecule has 0 fully saturated rings. The zero-order chi connectivity index (χ0) is 17.5. The van der Waals surface area contributed by atoms with Crippen molar-refractivity contribution in [1.29, 1.82) is 0 Å². The van der Waals surface area contributed by atoms with E-state index in [-0.39, 0.29) is 12.2 Å². The molecule has 0 saturated heterocycles. The predicted octanol–water partition coefficient (Wildman–Crippen LogP) is 2.36. The van der Waals surface area contributed by atoms with Gasteiger partial charge in [-0.2, -0.15) is 0 Å².